The molecule has 0 bridgehead atoms. The first-order chi connectivity index (χ1) is 10.2. The highest BCUT2D eigenvalue weighted by molar-refractivity contribution is 5.41. The van der Waals surface area contributed by atoms with Gasteiger partial charge < -0.3 is 15.0 Å². The van der Waals surface area contributed by atoms with Gasteiger partial charge in [-0.2, -0.15) is 5.10 Å². The van der Waals surface area contributed by atoms with Gasteiger partial charge >= 0.3 is 0 Å². The fraction of sp³-hybridized carbons (Fsp3) is 0.733. The molecule has 118 valence electrons. The van der Waals surface area contributed by atoms with Crippen LogP contribution in [0, 0.1) is 0 Å². The number of aryl methyl sites for hydroxylation is 1. The standard InChI is InChI=1S/C15H26N4O2/c1-18(9-10-21-2)14-11-15(20)19(17-12-14)8-4-6-13-5-3-7-16-13/h11-13,16H,3-10H2,1-2H3. The summed E-state index contributed by atoms with van der Waals surface area (Å²) >= 11 is 0. The maximum absolute atomic E-state index is 12.1. The summed E-state index contributed by atoms with van der Waals surface area (Å²) in [5.41, 5.74) is 0.807. The summed E-state index contributed by atoms with van der Waals surface area (Å²) in [6.45, 7) is 3.20. The molecular weight excluding hydrogens is 268 g/mol. The van der Waals surface area contributed by atoms with E-state index in [1.54, 1.807) is 24.1 Å². The molecule has 1 aromatic rings. The Bertz CT molecular complexity index is 483. The number of aromatic nitrogens is 2. The van der Waals surface area contributed by atoms with Gasteiger partial charge in [0.1, 0.15) is 0 Å². The third kappa shape index (κ3) is 4.82. The molecule has 0 radical (unpaired) electrons. The number of nitrogens with one attached hydrogen (secondary N) is 1. The minimum Gasteiger partial charge on any atom is -0.383 e. The summed E-state index contributed by atoms with van der Waals surface area (Å²) in [5.74, 6) is 0. The quantitative estimate of drug-likeness (QED) is 0.770. The summed E-state index contributed by atoms with van der Waals surface area (Å²) in [6.07, 6.45) is 6.38. The van der Waals surface area contributed by atoms with Crippen molar-refractivity contribution in [3.63, 3.8) is 0 Å². The number of rotatable bonds is 8. The lowest BCUT2D eigenvalue weighted by molar-refractivity contribution is 0.206. The lowest BCUT2D eigenvalue weighted by Crippen LogP contribution is -2.28. The van der Waals surface area contributed by atoms with Gasteiger partial charge in [-0.15, -0.1) is 0 Å². The van der Waals surface area contributed by atoms with Gasteiger partial charge in [0.15, 0.2) is 0 Å². The van der Waals surface area contributed by atoms with Crippen LogP contribution in [0.4, 0.5) is 5.69 Å². The topological polar surface area (TPSA) is 59.4 Å². The minimum absolute atomic E-state index is 0.0313. The zero-order valence-electron chi connectivity index (χ0n) is 13.0. The number of likely N-dealkylation sites (N-methyl/N-ethyl adjacent to an activating group) is 1. The summed E-state index contributed by atoms with van der Waals surface area (Å²) in [4.78, 5) is 14.0. The monoisotopic (exact) mass is 294 g/mol. The summed E-state index contributed by atoms with van der Waals surface area (Å²) < 4.78 is 6.60. The van der Waals surface area contributed by atoms with Crippen LogP contribution < -0.4 is 15.8 Å². The molecular formula is C15H26N4O2. The van der Waals surface area contributed by atoms with E-state index in [1.807, 2.05) is 11.9 Å². The molecule has 6 nitrogen and oxygen atoms in total. The number of anilines is 1. The molecule has 6 heteroatoms. The van der Waals surface area contributed by atoms with Crippen molar-refractivity contribution in [3.8, 4) is 0 Å². The second-order valence-corrected chi connectivity index (χ2v) is 5.63. The van der Waals surface area contributed by atoms with Crippen LogP contribution in [0.1, 0.15) is 25.7 Å². The Morgan fingerprint density at radius 3 is 3.10 bits per heavy atom. The van der Waals surface area contributed by atoms with Crippen molar-refractivity contribution in [3.05, 3.63) is 22.6 Å². The van der Waals surface area contributed by atoms with Crippen LogP contribution in [-0.4, -0.2) is 49.7 Å². The van der Waals surface area contributed by atoms with Crippen LogP contribution >= 0.6 is 0 Å². The van der Waals surface area contributed by atoms with Crippen LogP contribution in [0.25, 0.3) is 0 Å². The van der Waals surface area contributed by atoms with Crippen molar-refractivity contribution in [1.29, 1.82) is 0 Å². The molecule has 1 aliphatic rings. The van der Waals surface area contributed by atoms with Crippen molar-refractivity contribution in [2.75, 3.05) is 38.8 Å². The van der Waals surface area contributed by atoms with Gasteiger partial charge in [-0.05, 0) is 32.2 Å². The summed E-state index contributed by atoms with van der Waals surface area (Å²) in [6, 6.07) is 2.27. The first-order valence-corrected chi connectivity index (χ1v) is 7.71. The van der Waals surface area contributed by atoms with Gasteiger partial charge in [-0.1, -0.05) is 0 Å². The second-order valence-electron chi connectivity index (χ2n) is 5.63. The molecule has 1 N–H and O–H groups in total. The minimum atomic E-state index is -0.0313. The van der Waals surface area contributed by atoms with E-state index in [-0.39, 0.29) is 5.56 Å². The van der Waals surface area contributed by atoms with E-state index in [4.69, 9.17) is 4.74 Å². The average molecular weight is 294 g/mol. The molecule has 0 aromatic carbocycles. The third-order valence-corrected chi connectivity index (χ3v) is 4.01. The van der Waals surface area contributed by atoms with E-state index >= 15 is 0 Å². The summed E-state index contributed by atoms with van der Waals surface area (Å²) in [7, 11) is 3.61. The Morgan fingerprint density at radius 2 is 2.43 bits per heavy atom. The molecule has 0 amide bonds. The van der Waals surface area contributed by atoms with Gasteiger partial charge in [0.2, 0.25) is 0 Å². The Kier molecular flexibility index (Phi) is 6.20. The first-order valence-electron chi connectivity index (χ1n) is 7.71. The van der Waals surface area contributed by atoms with Gasteiger partial charge in [0.05, 0.1) is 18.5 Å². The Labute approximate surface area is 126 Å². The number of nitrogens with zero attached hydrogens (tertiary/aromatic N) is 3. The normalized spacial score (nSPS) is 18.1. The fourth-order valence-electron chi connectivity index (χ4n) is 2.65. The Morgan fingerprint density at radius 1 is 1.57 bits per heavy atom. The van der Waals surface area contributed by atoms with Crippen LogP contribution in [0.5, 0.6) is 0 Å². The lowest BCUT2D eigenvalue weighted by atomic mass is 10.1. The first kappa shape index (κ1) is 16.0. The van der Waals surface area contributed by atoms with E-state index in [1.165, 1.54) is 12.8 Å². The van der Waals surface area contributed by atoms with Gasteiger partial charge in [0, 0.05) is 39.4 Å². The largest absolute Gasteiger partial charge is 0.383 e. The van der Waals surface area contributed by atoms with E-state index in [0.29, 0.717) is 19.2 Å². The molecule has 1 aromatic heterocycles. The van der Waals surface area contributed by atoms with Crippen LogP contribution in [0.3, 0.4) is 0 Å². The molecule has 2 rings (SSSR count). The molecule has 1 unspecified atom stereocenters. The molecule has 21 heavy (non-hydrogen) atoms. The summed E-state index contributed by atoms with van der Waals surface area (Å²) in [5, 5.41) is 7.75. The molecule has 0 saturated carbocycles. The van der Waals surface area contributed by atoms with Crippen molar-refractivity contribution in [2.45, 2.75) is 38.3 Å². The number of ether oxygens (including phenoxy) is 1. The highest BCUT2D eigenvalue weighted by Gasteiger charge is 2.13. The van der Waals surface area contributed by atoms with Crippen LogP contribution in [-0.2, 0) is 11.3 Å². The van der Waals surface area contributed by atoms with E-state index in [9.17, 15) is 4.79 Å². The highest BCUT2D eigenvalue weighted by atomic mass is 16.5. The molecule has 1 fully saturated rings. The second kappa shape index (κ2) is 8.14. The SMILES string of the molecule is COCCN(C)c1cnn(CCCC2CCCN2)c(=O)c1. The molecule has 2 heterocycles. The number of hydrogen-bond acceptors (Lipinski definition) is 5. The van der Waals surface area contributed by atoms with Gasteiger partial charge in [0.25, 0.3) is 5.56 Å². The van der Waals surface area contributed by atoms with Crippen LogP contribution in [0.2, 0.25) is 0 Å². The Hall–Kier alpha value is -1.40. The van der Waals surface area contributed by atoms with E-state index in [0.717, 1.165) is 31.6 Å². The molecule has 0 aliphatic carbocycles. The Balaban J connectivity index is 1.84. The third-order valence-electron chi connectivity index (χ3n) is 4.01. The van der Waals surface area contributed by atoms with Gasteiger partial charge in [-0.25, -0.2) is 4.68 Å². The predicted molar refractivity (Wildman–Crippen MR) is 83.9 cm³/mol. The highest BCUT2D eigenvalue weighted by Crippen LogP contribution is 2.11. The van der Waals surface area contributed by atoms with Gasteiger partial charge in [-0.3, -0.25) is 4.79 Å². The van der Waals surface area contributed by atoms with Crippen molar-refractivity contribution in [1.82, 2.24) is 15.1 Å². The zero-order chi connectivity index (χ0) is 15.1. The predicted octanol–water partition coefficient (Wildman–Crippen LogP) is 0.858. The average Bonchev–Trinajstić information content (AvgIpc) is 2.99. The maximum Gasteiger partial charge on any atom is 0.268 e. The van der Waals surface area contributed by atoms with Crippen LogP contribution in [0.15, 0.2) is 17.1 Å². The molecule has 1 aliphatic heterocycles. The fourth-order valence-corrected chi connectivity index (χ4v) is 2.65. The molecule has 0 spiro atoms. The lowest BCUT2D eigenvalue weighted by Gasteiger charge is -2.18. The smallest absolute Gasteiger partial charge is 0.268 e. The maximum atomic E-state index is 12.1. The van der Waals surface area contributed by atoms with E-state index < -0.39 is 0 Å². The van der Waals surface area contributed by atoms with Crippen molar-refractivity contribution >= 4 is 5.69 Å². The molecule has 1 saturated heterocycles. The number of hydrogen-bond donors (Lipinski definition) is 1. The number of methoxy groups -OCH3 is 1. The zero-order valence-corrected chi connectivity index (χ0v) is 13.0. The van der Waals surface area contributed by atoms with E-state index in [2.05, 4.69) is 10.4 Å². The molecule has 1 atom stereocenters. The van der Waals surface area contributed by atoms with Crippen molar-refractivity contribution in [2.24, 2.45) is 0 Å². The van der Waals surface area contributed by atoms with Crippen molar-refractivity contribution < 1.29 is 4.74 Å².